The third kappa shape index (κ3) is 12.9. The van der Waals surface area contributed by atoms with Crippen LogP contribution in [0.3, 0.4) is 0 Å². The van der Waals surface area contributed by atoms with Gasteiger partial charge in [0.1, 0.15) is 0 Å². The maximum atomic E-state index is 3.85. The third-order valence-electron chi connectivity index (χ3n) is 12.4. The predicted octanol–water partition coefficient (Wildman–Crippen LogP) is 18.4. The highest BCUT2D eigenvalue weighted by Gasteiger charge is 2.21. The molecule has 0 N–H and O–H groups in total. The molecule has 0 radical (unpaired) electrons. The van der Waals surface area contributed by atoms with Crippen molar-refractivity contribution in [3.63, 3.8) is 0 Å². The van der Waals surface area contributed by atoms with Gasteiger partial charge in [-0.25, -0.2) is 0 Å². The first-order valence-electron chi connectivity index (χ1n) is 24.5. The second-order valence-electron chi connectivity index (χ2n) is 17.2. The normalized spacial score (nSPS) is 16.8. The fraction of sp³-hybridized carbons (Fsp3) is 0.231. The summed E-state index contributed by atoms with van der Waals surface area (Å²) in [7, 11) is 0. The van der Waals surface area contributed by atoms with E-state index in [1.54, 1.807) is 0 Å². The van der Waals surface area contributed by atoms with Crippen LogP contribution < -0.4 is 4.90 Å². The number of anilines is 1. The quantitative estimate of drug-likeness (QED) is 0.0673. The van der Waals surface area contributed by atoms with Crippen molar-refractivity contribution in [1.82, 2.24) is 4.57 Å². The van der Waals surface area contributed by atoms with Gasteiger partial charge in [-0.2, -0.15) is 0 Å². The molecular formula is C65H72N2. The van der Waals surface area contributed by atoms with Crippen LogP contribution in [0.1, 0.15) is 109 Å². The zero-order valence-electron chi connectivity index (χ0n) is 41.3. The Morgan fingerprint density at radius 2 is 1.55 bits per heavy atom. The van der Waals surface area contributed by atoms with E-state index in [1.807, 2.05) is 12.2 Å². The van der Waals surface area contributed by atoms with Crippen LogP contribution in [-0.4, -0.2) is 10.6 Å². The number of benzene rings is 3. The number of aromatic nitrogens is 1. The summed E-state index contributed by atoms with van der Waals surface area (Å²) in [4.78, 5) is 2.48. The van der Waals surface area contributed by atoms with Crippen LogP contribution in [0.2, 0.25) is 0 Å². The molecule has 342 valence electrons. The smallest absolute Gasteiger partial charge is 0.0612 e. The Morgan fingerprint density at radius 3 is 2.28 bits per heavy atom. The Kier molecular flexibility index (Phi) is 19.0. The summed E-state index contributed by atoms with van der Waals surface area (Å²) in [6, 6.07) is 24.8. The highest BCUT2D eigenvalue weighted by Crippen LogP contribution is 2.39. The zero-order valence-corrected chi connectivity index (χ0v) is 41.3. The van der Waals surface area contributed by atoms with Crippen LogP contribution >= 0.6 is 0 Å². The summed E-state index contributed by atoms with van der Waals surface area (Å²) < 4.78 is 2.41. The summed E-state index contributed by atoms with van der Waals surface area (Å²) >= 11 is 0. The van der Waals surface area contributed by atoms with Crippen LogP contribution in [0.5, 0.6) is 0 Å². The van der Waals surface area contributed by atoms with Crippen LogP contribution in [0.4, 0.5) is 5.69 Å². The maximum Gasteiger partial charge on any atom is 0.0612 e. The zero-order chi connectivity index (χ0) is 47.4. The first kappa shape index (κ1) is 49.5. The van der Waals surface area contributed by atoms with Gasteiger partial charge in [0.05, 0.1) is 11.6 Å². The molecule has 3 aromatic carbocycles. The van der Waals surface area contributed by atoms with Gasteiger partial charge in [0.25, 0.3) is 0 Å². The van der Waals surface area contributed by atoms with Crippen LogP contribution in [0, 0.1) is 0 Å². The Bertz CT molecular complexity index is 2760. The topological polar surface area (TPSA) is 8.17 Å². The molecule has 1 atom stereocenters. The summed E-state index contributed by atoms with van der Waals surface area (Å²) in [5.74, 6) is 0. The van der Waals surface area contributed by atoms with Gasteiger partial charge in [-0.05, 0) is 165 Å². The lowest BCUT2D eigenvalue weighted by molar-refractivity contribution is 0.709. The van der Waals surface area contributed by atoms with Crippen molar-refractivity contribution in [2.75, 3.05) is 4.90 Å². The van der Waals surface area contributed by atoms with E-state index in [9.17, 15) is 0 Å². The molecule has 1 unspecified atom stereocenters. The molecule has 4 aromatic rings. The second kappa shape index (κ2) is 25.7. The van der Waals surface area contributed by atoms with Crippen molar-refractivity contribution >= 4 is 33.3 Å². The Balaban J connectivity index is 1.52. The molecule has 0 saturated heterocycles. The molecule has 2 nitrogen and oxygen atoms in total. The number of nitrogens with zero attached hydrogens (tertiary/aromatic N) is 2. The lowest BCUT2D eigenvalue weighted by Gasteiger charge is -2.29. The van der Waals surface area contributed by atoms with E-state index in [4.69, 9.17) is 0 Å². The predicted molar refractivity (Wildman–Crippen MR) is 298 cm³/mol. The maximum absolute atomic E-state index is 3.85. The molecule has 0 spiro atoms. The molecule has 2 heteroatoms. The van der Waals surface area contributed by atoms with Crippen molar-refractivity contribution in [2.24, 2.45) is 0 Å². The molecule has 1 aromatic heterocycles. The largest absolute Gasteiger partial charge is 0.341 e. The number of hydrogen-bond donors (Lipinski definition) is 0. The Hall–Kier alpha value is -6.90. The third-order valence-corrected chi connectivity index (χ3v) is 12.4. The minimum atomic E-state index is 0.130. The SMILES string of the molecule is C=C/C=C\C=C(/C)C1=CCCC(N(/C=C/C(=C\C=C/C)c2ccc(/C(C)=C/C=C\C)c3c2c(C/C=C\CC)cn3-c2ccccc2)c2ccc(C3=CCC=C(CCC)C(/C=C\C)=C3)cc2)C=C1. The van der Waals surface area contributed by atoms with Gasteiger partial charge in [-0.1, -0.05) is 185 Å². The minimum absolute atomic E-state index is 0.130. The van der Waals surface area contributed by atoms with Gasteiger partial charge >= 0.3 is 0 Å². The number of para-hydroxylation sites is 1. The lowest BCUT2D eigenvalue weighted by atomic mass is 9.92. The highest BCUT2D eigenvalue weighted by atomic mass is 15.1. The second-order valence-corrected chi connectivity index (χ2v) is 17.2. The van der Waals surface area contributed by atoms with Crippen LogP contribution in [0.15, 0.2) is 236 Å². The molecule has 0 saturated carbocycles. The van der Waals surface area contributed by atoms with Crippen molar-refractivity contribution in [1.29, 1.82) is 0 Å². The van der Waals surface area contributed by atoms with E-state index in [1.165, 1.54) is 66.6 Å². The lowest BCUT2D eigenvalue weighted by Crippen LogP contribution is -2.28. The van der Waals surface area contributed by atoms with Crippen molar-refractivity contribution in [3.8, 4) is 5.69 Å². The molecule has 0 aliphatic heterocycles. The number of fused-ring (bicyclic) bond motifs is 1. The van der Waals surface area contributed by atoms with Gasteiger partial charge in [0, 0.05) is 34.7 Å². The molecule has 67 heavy (non-hydrogen) atoms. The molecule has 0 amide bonds. The van der Waals surface area contributed by atoms with Crippen molar-refractivity contribution in [3.05, 3.63) is 258 Å². The fourth-order valence-electron chi connectivity index (χ4n) is 8.98. The van der Waals surface area contributed by atoms with E-state index >= 15 is 0 Å². The molecule has 2 aliphatic carbocycles. The molecule has 0 bridgehead atoms. The van der Waals surface area contributed by atoms with E-state index in [0.717, 1.165) is 61.9 Å². The fourth-order valence-corrected chi connectivity index (χ4v) is 8.98. The Morgan fingerprint density at radius 1 is 0.791 bits per heavy atom. The van der Waals surface area contributed by atoms with Gasteiger partial charge in [-0.15, -0.1) is 0 Å². The standard InChI is InChI=1S/C65H72N2/c1-9-15-20-29-50(7)52-32-25-37-60(41-38-52)66(61-42-39-54(40-43-61)57-34-24-33-53(26-13-5)56(48-57)27-14-6)47-46-55(30-18-12-4)63-45-44-62(51(8)28-17-11-3)65-64(63)58(31-21-16-10-2)49-67(65)59-35-22-19-23-36-59/h9,11-12,14-23,27-30,32-36,38-49,60H,1,10,13,24-26,31,37H2,2-8H3/b17-11-,18-12-,20-15-,21-16-,27-14-,47-46+,50-29+,51-28+,55-30+. The molecule has 0 fully saturated rings. The van der Waals surface area contributed by atoms with Crippen molar-refractivity contribution in [2.45, 2.75) is 99.5 Å². The first-order chi connectivity index (χ1) is 32.8. The number of rotatable bonds is 19. The minimum Gasteiger partial charge on any atom is -0.341 e. The summed E-state index contributed by atoms with van der Waals surface area (Å²) in [6.45, 7) is 19.0. The average molecular weight is 881 g/mol. The molecule has 1 heterocycles. The Labute approximate surface area is 403 Å². The first-order valence-corrected chi connectivity index (χ1v) is 24.5. The van der Waals surface area contributed by atoms with Gasteiger partial charge in [0.2, 0.25) is 0 Å². The molecular weight excluding hydrogens is 809 g/mol. The number of allylic oxidation sites excluding steroid dienone is 27. The highest BCUT2D eigenvalue weighted by molar-refractivity contribution is 6.03. The van der Waals surface area contributed by atoms with Crippen molar-refractivity contribution < 1.29 is 0 Å². The summed E-state index contributed by atoms with van der Waals surface area (Å²) in [5, 5.41) is 1.28. The van der Waals surface area contributed by atoms with E-state index < -0.39 is 0 Å². The van der Waals surface area contributed by atoms with Crippen LogP contribution in [-0.2, 0) is 6.42 Å². The van der Waals surface area contributed by atoms with E-state index in [-0.39, 0.29) is 6.04 Å². The van der Waals surface area contributed by atoms with E-state index in [0.29, 0.717) is 0 Å². The number of hydrogen-bond acceptors (Lipinski definition) is 1. The summed E-state index contributed by atoms with van der Waals surface area (Å²) in [6.07, 6.45) is 58.4. The van der Waals surface area contributed by atoms with Crippen LogP contribution in [0.25, 0.3) is 33.3 Å². The van der Waals surface area contributed by atoms with Gasteiger partial charge < -0.3 is 9.47 Å². The van der Waals surface area contributed by atoms with Gasteiger partial charge in [0.15, 0.2) is 0 Å². The van der Waals surface area contributed by atoms with E-state index in [2.05, 4.69) is 259 Å². The van der Waals surface area contributed by atoms with Gasteiger partial charge in [-0.3, -0.25) is 0 Å². The molecule has 6 rings (SSSR count). The average Bonchev–Trinajstić information content (AvgIpc) is 3.45. The summed E-state index contributed by atoms with van der Waals surface area (Å²) in [5.41, 5.74) is 17.4. The monoisotopic (exact) mass is 881 g/mol. The molecule has 2 aliphatic rings.